The van der Waals surface area contributed by atoms with Gasteiger partial charge in [-0.15, -0.1) is 36.8 Å². The number of hydrogen-bond donors (Lipinski definition) is 1. The van der Waals surface area contributed by atoms with Gasteiger partial charge in [-0.1, -0.05) is 12.1 Å². The zero-order valence-corrected chi connectivity index (χ0v) is 11.6. The van der Waals surface area contributed by atoms with E-state index in [9.17, 15) is 9.59 Å². The van der Waals surface area contributed by atoms with Gasteiger partial charge >= 0.3 is 1.43 Å². The number of fused-ring (bicyclic) bond motifs is 1. The van der Waals surface area contributed by atoms with Gasteiger partial charge in [-0.3, -0.25) is 9.59 Å². The molecule has 0 fully saturated rings. The van der Waals surface area contributed by atoms with Crippen LogP contribution in [0.1, 0.15) is 11.8 Å². The molecule has 0 bridgehead atoms. The first-order valence-corrected chi connectivity index (χ1v) is 6.74. The second-order valence-electron chi connectivity index (χ2n) is 4.97. The van der Waals surface area contributed by atoms with Crippen molar-refractivity contribution >= 4 is 17.5 Å². The third-order valence-electron chi connectivity index (χ3n) is 3.57. The van der Waals surface area contributed by atoms with E-state index in [0.717, 1.165) is 5.57 Å². The van der Waals surface area contributed by atoms with Crippen molar-refractivity contribution < 1.29 is 11.0 Å². The maximum absolute atomic E-state index is 12.5. The van der Waals surface area contributed by atoms with E-state index in [1.165, 1.54) is 4.90 Å². The van der Waals surface area contributed by atoms with Gasteiger partial charge in [0.2, 0.25) is 5.91 Å². The fourth-order valence-corrected chi connectivity index (χ4v) is 2.41. The lowest BCUT2D eigenvalue weighted by Gasteiger charge is -2.25. The predicted octanol–water partition coefficient (Wildman–Crippen LogP) is 2.45. The van der Waals surface area contributed by atoms with Crippen LogP contribution in [0.25, 0.3) is 0 Å². The fraction of sp³-hybridized carbons (Fsp3) is 0.118. The van der Waals surface area contributed by atoms with E-state index < -0.39 is 6.04 Å². The second-order valence-corrected chi connectivity index (χ2v) is 4.97. The quantitative estimate of drug-likeness (QED) is 0.803. The molecule has 1 aliphatic carbocycles. The van der Waals surface area contributed by atoms with Gasteiger partial charge in [-0.2, -0.15) is 5.57 Å². The summed E-state index contributed by atoms with van der Waals surface area (Å²) in [5.41, 5.74) is 1.98. The molecular formula is C17H16N2O2. The van der Waals surface area contributed by atoms with E-state index in [4.69, 9.17) is 0 Å². The summed E-state index contributed by atoms with van der Waals surface area (Å²) in [6.07, 6.45) is 11.3. The molecule has 3 rings (SSSR count). The van der Waals surface area contributed by atoms with E-state index in [1.54, 1.807) is 37.4 Å². The van der Waals surface area contributed by atoms with Gasteiger partial charge in [0.25, 0.3) is 5.91 Å². The van der Waals surface area contributed by atoms with Gasteiger partial charge in [-0.05, 0) is 12.1 Å². The van der Waals surface area contributed by atoms with Crippen LogP contribution in [0.4, 0.5) is 5.69 Å². The van der Waals surface area contributed by atoms with Gasteiger partial charge < -0.3 is 10.2 Å². The number of hydrogen-bond acceptors (Lipinski definition) is 2. The Hall–Kier alpha value is -2.75. The highest BCUT2D eigenvalue weighted by atomic mass is 16.2. The first-order valence-electron chi connectivity index (χ1n) is 6.74. The number of para-hydroxylation sites is 1. The average molecular weight is 280 g/mol. The normalized spacial score (nSPS) is 22.6. The number of likely N-dealkylation sites (N-methyl/N-ethyl adjacent to an activating group) is 1. The smallest absolute Gasteiger partial charge is 0.334 e. The number of nitrogens with one attached hydrogen (secondary N) is 1. The van der Waals surface area contributed by atoms with Crippen molar-refractivity contribution in [3.63, 3.8) is 0 Å². The van der Waals surface area contributed by atoms with Gasteiger partial charge in [0, 0.05) is 7.05 Å². The Morgan fingerprint density at radius 2 is 2.10 bits per heavy atom. The van der Waals surface area contributed by atoms with Crippen LogP contribution in [0, 0.1) is 6.42 Å². The molecule has 4 nitrogen and oxygen atoms in total. The van der Waals surface area contributed by atoms with Gasteiger partial charge in [0.15, 0.2) is 0 Å². The van der Waals surface area contributed by atoms with Gasteiger partial charge in [0.05, 0.1) is 17.3 Å². The lowest BCUT2D eigenvalue weighted by atomic mass is 10.0. The lowest BCUT2D eigenvalue weighted by Crippen LogP contribution is -2.41. The average Bonchev–Trinajstić information content (AvgIpc) is 2.60. The number of amides is 2. The molecule has 2 amide bonds. The predicted molar refractivity (Wildman–Crippen MR) is 82.7 cm³/mol. The molecule has 1 N–H and O–H groups in total. The molecule has 4 heteroatoms. The molecule has 1 unspecified atom stereocenters. The zero-order chi connectivity index (χ0) is 14.8. The van der Waals surface area contributed by atoms with Crippen molar-refractivity contribution in [2.45, 2.75) is 6.04 Å². The Kier molecular flexibility index (Phi) is 3.36. The van der Waals surface area contributed by atoms with Gasteiger partial charge in [-0.25, -0.2) is 0 Å². The molecule has 0 spiro atoms. The van der Waals surface area contributed by atoms with Crippen LogP contribution in [0.15, 0.2) is 60.2 Å². The SMILES string of the molecule is CN1C(=O)c2ccccc2NC(=O)C1/C=C1/C=CC=C[CH-]1.[H+]. The van der Waals surface area contributed by atoms with Gasteiger partial charge in [0.1, 0.15) is 0 Å². The molecule has 1 atom stereocenters. The van der Waals surface area contributed by atoms with Crippen molar-refractivity contribution in [3.8, 4) is 0 Å². The molecule has 1 aromatic carbocycles. The summed E-state index contributed by atoms with van der Waals surface area (Å²) in [7, 11) is 1.65. The van der Waals surface area contributed by atoms with Crippen LogP contribution >= 0.6 is 0 Å². The first-order chi connectivity index (χ1) is 10.2. The van der Waals surface area contributed by atoms with Crippen molar-refractivity contribution in [3.05, 3.63) is 72.2 Å². The Balaban J connectivity index is 0.00000176. The largest absolute Gasteiger partial charge is 1.00 e. The van der Waals surface area contributed by atoms with Crippen molar-refractivity contribution in [2.24, 2.45) is 0 Å². The Morgan fingerprint density at radius 3 is 2.86 bits per heavy atom. The number of nitrogens with zero attached hydrogens (tertiary/aromatic N) is 1. The van der Waals surface area contributed by atoms with Crippen LogP contribution in [0.2, 0.25) is 0 Å². The Morgan fingerprint density at radius 1 is 1.29 bits per heavy atom. The minimum absolute atomic E-state index is 0. The molecule has 0 saturated heterocycles. The van der Waals surface area contributed by atoms with E-state index in [-0.39, 0.29) is 13.2 Å². The minimum Gasteiger partial charge on any atom is -0.334 e. The summed E-state index contributed by atoms with van der Waals surface area (Å²) in [6, 6.07) is 6.42. The molecule has 106 valence electrons. The van der Waals surface area contributed by atoms with Crippen molar-refractivity contribution in [1.29, 1.82) is 0 Å². The van der Waals surface area contributed by atoms with Crippen molar-refractivity contribution in [1.82, 2.24) is 4.90 Å². The molecule has 1 heterocycles. The monoisotopic (exact) mass is 280 g/mol. The summed E-state index contributed by atoms with van der Waals surface area (Å²) in [5.74, 6) is -0.374. The molecular weight excluding hydrogens is 264 g/mol. The zero-order valence-electron chi connectivity index (χ0n) is 12.6. The maximum Gasteiger partial charge on any atom is 1.00 e. The molecule has 0 saturated carbocycles. The number of carbonyl (C=O) groups is 2. The van der Waals surface area contributed by atoms with E-state index in [1.807, 2.05) is 30.7 Å². The number of carbonyl (C=O) groups excluding carboxylic acids is 2. The van der Waals surface area contributed by atoms with Crippen LogP contribution < -0.4 is 5.32 Å². The van der Waals surface area contributed by atoms with Crippen LogP contribution in [0.3, 0.4) is 0 Å². The first kappa shape index (κ1) is 13.2. The topological polar surface area (TPSA) is 49.4 Å². The minimum atomic E-state index is -0.632. The molecule has 21 heavy (non-hydrogen) atoms. The molecule has 1 aromatic rings. The van der Waals surface area contributed by atoms with Crippen LogP contribution in [0.5, 0.6) is 0 Å². The maximum atomic E-state index is 12.5. The highest BCUT2D eigenvalue weighted by molar-refractivity contribution is 6.10. The number of anilines is 1. The molecule has 0 aromatic heterocycles. The van der Waals surface area contributed by atoms with E-state index in [2.05, 4.69) is 5.32 Å². The Bertz CT molecular complexity index is 692. The van der Waals surface area contributed by atoms with Crippen molar-refractivity contribution in [2.75, 3.05) is 12.4 Å². The molecule has 2 aliphatic rings. The fourth-order valence-electron chi connectivity index (χ4n) is 2.41. The van der Waals surface area contributed by atoms with E-state index in [0.29, 0.717) is 11.3 Å². The number of allylic oxidation sites excluding steroid dienone is 5. The lowest BCUT2D eigenvalue weighted by molar-refractivity contribution is -0.118. The summed E-state index contributed by atoms with van der Waals surface area (Å²) >= 11 is 0. The summed E-state index contributed by atoms with van der Waals surface area (Å²) in [6.45, 7) is 0. The summed E-state index contributed by atoms with van der Waals surface area (Å²) in [4.78, 5) is 26.4. The third kappa shape index (κ3) is 2.48. The molecule has 0 radical (unpaired) electrons. The van der Waals surface area contributed by atoms with Crippen LogP contribution in [-0.4, -0.2) is 29.8 Å². The Labute approximate surface area is 124 Å². The summed E-state index contributed by atoms with van der Waals surface area (Å²) < 4.78 is 0. The molecule has 1 aliphatic heterocycles. The highest BCUT2D eigenvalue weighted by Crippen LogP contribution is 2.23. The number of benzene rings is 1. The number of rotatable bonds is 1. The highest BCUT2D eigenvalue weighted by Gasteiger charge is 2.29. The van der Waals surface area contributed by atoms with E-state index >= 15 is 0 Å². The van der Waals surface area contributed by atoms with Crippen LogP contribution in [-0.2, 0) is 4.79 Å². The standard InChI is InChI=1S/C17H15N2O2/c1-19-15(11-12-7-3-2-4-8-12)16(20)18-14-10-6-5-9-13(14)17(19)21/h2-11,15H,1H3,(H,18,20)/q-1/p+1. The third-order valence-corrected chi connectivity index (χ3v) is 3.57. The summed E-state index contributed by atoms with van der Waals surface area (Å²) in [5, 5.41) is 2.82. The second kappa shape index (κ2) is 5.32.